The molecule has 1 aliphatic heterocycles. The number of amides is 1. The molecule has 0 radical (unpaired) electrons. The fraction of sp³-hybridized carbons (Fsp3) is 0.750. The van der Waals surface area contributed by atoms with Gasteiger partial charge in [0.1, 0.15) is 0 Å². The molecular formula is C12H17NO5. The summed E-state index contributed by atoms with van der Waals surface area (Å²) in [5.74, 6) is -4.06. The second-order valence-electron chi connectivity index (χ2n) is 5.09. The lowest BCUT2D eigenvalue weighted by Gasteiger charge is -2.38. The Bertz CT molecular complexity index is 377. The summed E-state index contributed by atoms with van der Waals surface area (Å²) >= 11 is 0. The second-order valence-corrected chi connectivity index (χ2v) is 5.09. The van der Waals surface area contributed by atoms with E-state index in [1.54, 1.807) is 0 Å². The van der Waals surface area contributed by atoms with Crippen LogP contribution in [0, 0.1) is 17.8 Å². The first-order valence-electron chi connectivity index (χ1n) is 6.25. The molecule has 18 heavy (non-hydrogen) atoms. The van der Waals surface area contributed by atoms with E-state index in [-0.39, 0.29) is 24.8 Å². The minimum atomic E-state index is -1.13. The summed E-state index contributed by atoms with van der Waals surface area (Å²) in [6.45, 7) is 0.387. The Kier molecular flexibility index (Phi) is 3.54. The van der Waals surface area contributed by atoms with Crippen molar-refractivity contribution in [3.63, 3.8) is 0 Å². The highest BCUT2D eigenvalue weighted by Gasteiger charge is 2.41. The minimum Gasteiger partial charge on any atom is -0.481 e. The number of likely N-dealkylation sites (tertiary alicyclic amines) is 1. The molecule has 0 aromatic carbocycles. The highest BCUT2D eigenvalue weighted by Crippen LogP contribution is 2.31. The molecule has 1 amide bonds. The van der Waals surface area contributed by atoms with Gasteiger partial charge in [0, 0.05) is 19.0 Å². The number of piperidine rings is 1. The summed E-state index contributed by atoms with van der Waals surface area (Å²) in [6.07, 6.45) is 3.01. The van der Waals surface area contributed by atoms with Crippen molar-refractivity contribution in [1.29, 1.82) is 0 Å². The van der Waals surface area contributed by atoms with Crippen molar-refractivity contribution in [2.45, 2.75) is 25.7 Å². The molecule has 2 aliphatic rings. The van der Waals surface area contributed by atoms with Crippen molar-refractivity contribution in [3.8, 4) is 0 Å². The Morgan fingerprint density at radius 3 is 2.00 bits per heavy atom. The predicted molar refractivity (Wildman–Crippen MR) is 60.8 cm³/mol. The maximum atomic E-state index is 12.0. The molecule has 2 fully saturated rings. The number of hydrogen-bond acceptors (Lipinski definition) is 3. The zero-order valence-corrected chi connectivity index (χ0v) is 10.0. The molecule has 1 aliphatic carbocycles. The van der Waals surface area contributed by atoms with E-state index in [4.69, 9.17) is 10.2 Å². The number of carbonyl (C=O) groups excluding carboxylic acids is 1. The first-order valence-corrected chi connectivity index (χ1v) is 6.25. The van der Waals surface area contributed by atoms with Crippen LogP contribution < -0.4 is 0 Å². The van der Waals surface area contributed by atoms with Crippen molar-refractivity contribution in [1.82, 2.24) is 4.90 Å². The van der Waals surface area contributed by atoms with Crippen LogP contribution in [0.25, 0.3) is 0 Å². The smallest absolute Gasteiger partial charge is 0.309 e. The van der Waals surface area contributed by atoms with Gasteiger partial charge in [0.15, 0.2) is 0 Å². The Morgan fingerprint density at radius 1 is 0.944 bits per heavy atom. The first-order chi connectivity index (χ1) is 8.50. The number of nitrogens with zero attached hydrogens (tertiary/aromatic N) is 1. The van der Waals surface area contributed by atoms with Gasteiger partial charge in [0.25, 0.3) is 0 Å². The maximum absolute atomic E-state index is 12.0. The SMILES string of the molecule is O=C(O)C1CCN(C(=O)C2CCC2)CC1C(=O)O. The van der Waals surface area contributed by atoms with E-state index < -0.39 is 23.8 Å². The van der Waals surface area contributed by atoms with Gasteiger partial charge in [-0.15, -0.1) is 0 Å². The van der Waals surface area contributed by atoms with Crippen LogP contribution in [-0.2, 0) is 14.4 Å². The highest BCUT2D eigenvalue weighted by molar-refractivity contribution is 5.83. The monoisotopic (exact) mass is 255 g/mol. The normalized spacial score (nSPS) is 28.6. The third kappa shape index (κ3) is 2.32. The molecule has 2 atom stereocenters. The molecule has 2 N–H and O–H groups in total. The van der Waals surface area contributed by atoms with Gasteiger partial charge in [-0.25, -0.2) is 0 Å². The Morgan fingerprint density at radius 2 is 1.56 bits per heavy atom. The summed E-state index contributed by atoms with van der Waals surface area (Å²) in [6, 6.07) is 0. The maximum Gasteiger partial charge on any atom is 0.309 e. The lowest BCUT2D eigenvalue weighted by Crippen LogP contribution is -2.50. The molecule has 6 nitrogen and oxygen atoms in total. The van der Waals surface area contributed by atoms with E-state index in [2.05, 4.69) is 0 Å². The van der Waals surface area contributed by atoms with Crippen LogP contribution in [0.3, 0.4) is 0 Å². The lowest BCUT2D eigenvalue weighted by atomic mass is 9.81. The fourth-order valence-electron chi connectivity index (χ4n) is 2.61. The molecule has 6 heteroatoms. The van der Waals surface area contributed by atoms with Crippen LogP contribution in [0.2, 0.25) is 0 Å². The summed E-state index contributed by atoms with van der Waals surface area (Å²) < 4.78 is 0. The largest absolute Gasteiger partial charge is 0.481 e. The molecule has 1 saturated heterocycles. The number of carbonyl (C=O) groups is 3. The van der Waals surface area contributed by atoms with Gasteiger partial charge in [-0.05, 0) is 19.3 Å². The zero-order valence-electron chi connectivity index (χ0n) is 10.0. The van der Waals surface area contributed by atoms with Crippen LogP contribution in [0.1, 0.15) is 25.7 Å². The Labute approximate surface area is 105 Å². The van der Waals surface area contributed by atoms with Crippen LogP contribution in [-0.4, -0.2) is 46.0 Å². The number of aliphatic carboxylic acids is 2. The molecule has 2 unspecified atom stereocenters. The number of carboxylic acid groups (broad SMARTS) is 2. The van der Waals surface area contributed by atoms with Crippen molar-refractivity contribution in [3.05, 3.63) is 0 Å². The van der Waals surface area contributed by atoms with Gasteiger partial charge in [-0.1, -0.05) is 6.42 Å². The lowest BCUT2D eigenvalue weighted by molar-refractivity contribution is -0.160. The van der Waals surface area contributed by atoms with Crippen molar-refractivity contribution in [2.75, 3.05) is 13.1 Å². The van der Waals surface area contributed by atoms with Gasteiger partial charge in [0.05, 0.1) is 11.8 Å². The molecule has 1 heterocycles. The van der Waals surface area contributed by atoms with E-state index in [9.17, 15) is 14.4 Å². The predicted octanol–water partition coefficient (Wildman–Crippen LogP) is 0.420. The standard InChI is InChI=1S/C12H17NO5/c14-10(7-2-1-3-7)13-5-4-8(11(15)16)9(6-13)12(17)18/h7-9H,1-6H2,(H,15,16)(H,17,18). The van der Waals surface area contributed by atoms with E-state index >= 15 is 0 Å². The van der Waals surface area contributed by atoms with Crippen LogP contribution in [0.5, 0.6) is 0 Å². The third-order valence-corrected chi connectivity index (χ3v) is 4.01. The van der Waals surface area contributed by atoms with Crippen LogP contribution in [0.4, 0.5) is 0 Å². The van der Waals surface area contributed by atoms with E-state index in [1.807, 2.05) is 0 Å². The summed E-state index contributed by atoms with van der Waals surface area (Å²) in [5.41, 5.74) is 0. The molecular weight excluding hydrogens is 238 g/mol. The van der Waals surface area contributed by atoms with E-state index in [0.717, 1.165) is 19.3 Å². The number of rotatable bonds is 3. The number of hydrogen-bond donors (Lipinski definition) is 2. The number of carboxylic acids is 2. The third-order valence-electron chi connectivity index (χ3n) is 4.01. The van der Waals surface area contributed by atoms with Gasteiger partial charge < -0.3 is 15.1 Å². The van der Waals surface area contributed by atoms with E-state index in [1.165, 1.54) is 4.90 Å². The minimum absolute atomic E-state index is 0.00339. The molecule has 0 bridgehead atoms. The molecule has 2 rings (SSSR count). The summed E-state index contributed by atoms with van der Waals surface area (Å²) in [7, 11) is 0. The molecule has 100 valence electrons. The van der Waals surface area contributed by atoms with Gasteiger partial charge >= 0.3 is 11.9 Å². The Hall–Kier alpha value is -1.59. The molecule has 0 spiro atoms. The highest BCUT2D eigenvalue weighted by atomic mass is 16.4. The topological polar surface area (TPSA) is 94.9 Å². The van der Waals surface area contributed by atoms with Crippen molar-refractivity contribution >= 4 is 17.8 Å². The molecule has 1 saturated carbocycles. The van der Waals surface area contributed by atoms with Gasteiger partial charge in [-0.3, -0.25) is 14.4 Å². The zero-order chi connectivity index (χ0) is 13.3. The first kappa shape index (κ1) is 12.9. The Balaban J connectivity index is 2.03. The van der Waals surface area contributed by atoms with Crippen molar-refractivity contribution < 1.29 is 24.6 Å². The quantitative estimate of drug-likeness (QED) is 0.762. The van der Waals surface area contributed by atoms with Gasteiger partial charge in [0.2, 0.25) is 5.91 Å². The molecule has 0 aromatic heterocycles. The molecule has 0 aromatic rings. The van der Waals surface area contributed by atoms with Crippen LogP contribution >= 0.6 is 0 Å². The summed E-state index contributed by atoms with van der Waals surface area (Å²) in [4.78, 5) is 35.6. The fourth-order valence-corrected chi connectivity index (χ4v) is 2.61. The van der Waals surface area contributed by atoms with Crippen LogP contribution in [0.15, 0.2) is 0 Å². The second kappa shape index (κ2) is 4.96. The average molecular weight is 255 g/mol. The average Bonchev–Trinajstić information content (AvgIpc) is 2.25. The van der Waals surface area contributed by atoms with E-state index in [0.29, 0.717) is 6.54 Å². The summed E-state index contributed by atoms with van der Waals surface area (Å²) in [5, 5.41) is 18.0. The van der Waals surface area contributed by atoms with Gasteiger partial charge in [-0.2, -0.15) is 0 Å². The van der Waals surface area contributed by atoms with Crippen molar-refractivity contribution in [2.24, 2.45) is 17.8 Å².